The van der Waals surface area contributed by atoms with Gasteiger partial charge in [0.2, 0.25) is 0 Å². The van der Waals surface area contributed by atoms with Gasteiger partial charge in [-0.1, -0.05) is 36.4 Å². The minimum absolute atomic E-state index is 0.00985. The van der Waals surface area contributed by atoms with Crippen LogP contribution in [0.3, 0.4) is 0 Å². The monoisotopic (exact) mass is 417 g/mol. The normalized spacial score (nSPS) is 17.1. The quantitative estimate of drug-likeness (QED) is 0.568. The molecule has 0 saturated heterocycles. The van der Waals surface area contributed by atoms with Crippen LogP contribution in [-0.2, 0) is 16.0 Å². The van der Waals surface area contributed by atoms with Crippen LogP contribution < -0.4 is 10.1 Å². The maximum Gasteiger partial charge on any atom is 0.336 e. The minimum atomic E-state index is -0.679. The lowest BCUT2D eigenvalue weighted by atomic mass is 9.79. The molecule has 2 aromatic carbocycles. The van der Waals surface area contributed by atoms with Crippen LogP contribution in [0.4, 0.5) is 0 Å². The largest absolute Gasteiger partial charge is 0.504 e. The number of methoxy groups -OCH3 is 2. The summed E-state index contributed by atoms with van der Waals surface area (Å²) >= 11 is 0. The van der Waals surface area contributed by atoms with Crippen LogP contribution in [0.15, 0.2) is 65.9 Å². The zero-order chi connectivity index (χ0) is 22.3. The highest BCUT2D eigenvalue weighted by atomic mass is 16.5. The third kappa shape index (κ3) is 3.11. The number of phenolic OH excluding ortho intramolecular Hbond substituents is 1. The number of aromatic hydroxyl groups is 1. The lowest BCUT2D eigenvalue weighted by molar-refractivity contribution is -0.136. The average Bonchev–Trinajstić information content (AvgIpc) is 3.06. The number of ketones is 1. The molecule has 0 amide bonds. The van der Waals surface area contributed by atoms with Gasteiger partial charge in [0, 0.05) is 33.9 Å². The van der Waals surface area contributed by atoms with Crippen LogP contribution in [0.25, 0.3) is 5.70 Å². The summed E-state index contributed by atoms with van der Waals surface area (Å²) in [5.74, 6) is -1.07. The molecular weight excluding hydrogens is 394 g/mol. The first-order chi connectivity index (χ1) is 14.9. The Labute approximate surface area is 180 Å². The SMILES string of the molecule is C=CCc1cc([C@@H]2C(C(=O)OC)=C(C)NC3=C2C(=O)c2ccccc23)cc(OC)c1O. The highest BCUT2D eigenvalue weighted by molar-refractivity contribution is 6.23. The Balaban J connectivity index is 2.00. The van der Waals surface area contributed by atoms with E-state index in [9.17, 15) is 14.7 Å². The van der Waals surface area contributed by atoms with Crippen LogP contribution in [0.2, 0.25) is 0 Å². The first-order valence-electron chi connectivity index (χ1n) is 9.87. The van der Waals surface area contributed by atoms with Crippen molar-refractivity contribution < 1.29 is 24.2 Å². The van der Waals surface area contributed by atoms with Crippen molar-refractivity contribution in [2.75, 3.05) is 14.2 Å². The molecule has 0 radical (unpaired) electrons. The standard InChI is InChI=1S/C25H23NO5/c1-5-8-14-11-15(12-18(30-3)23(14)27)20-19(25(29)31-4)13(2)26-22-16-9-6-7-10-17(16)24(28)21(20)22/h5-7,9-12,20,26-27H,1,8H2,2-4H3/t20-/m1/s1. The molecule has 1 aliphatic heterocycles. The lowest BCUT2D eigenvalue weighted by Crippen LogP contribution is -2.29. The second kappa shape index (κ2) is 7.80. The van der Waals surface area contributed by atoms with E-state index in [0.29, 0.717) is 45.7 Å². The molecule has 1 atom stereocenters. The molecule has 0 unspecified atom stereocenters. The molecule has 6 heteroatoms. The van der Waals surface area contributed by atoms with E-state index >= 15 is 0 Å². The van der Waals surface area contributed by atoms with E-state index in [1.54, 1.807) is 31.2 Å². The van der Waals surface area contributed by atoms with Gasteiger partial charge in [0.25, 0.3) is 0 Å². The summed E-state index contributed by atoms with van der Waals surface area (Å²) < 4.78 is 10.4. The summed E-state index contributed by atoms with van der Waals surface area (Å²) in [5.41, 5.74) is 4.75. The molecule has 1 aliphatic carbocycles. The molecule has 31 heavy (non-hydrogen) atoms. The molecule has 0 aromatic heterocycles. The first kappa shape index (κ1) is 20.5. The Morgan fingerprint density at radius 1 is 1.23 bits per heavy atom. The summed E-state index contributed by atoms with van der Waals surface area (Å²) in [6.07, 6.45) is 2.07. The van der Waals surface area contributed by atoms with Crippen molar-refractivity contribution in [1.29, 1.82) is 0 Å². The van der Waals surface area contributed by atoms with E-state index in [0.717, 1.165) is 5.56 Å². The minimum Gasteiger partial charge on any atom is -0.504 e. The van der Waals surface area contributed by atoms with Crippen molar-refractivity contribution >= 4 is 17.4 Å². The number of carbonyl (C=O) groups excluding carboxylic acids is 2. The van der Waals surface area contributed by atoms with Crippen molar-refractivity contribution in [3.8, 4) is 11.5 Å². The van der Waals surface area contributed by atoms with E-state index < -0.39 is 11.9 Å². The fraction of sp³-hybridized carbons (Fsp3) is 0.200. The molecule has 2 N–H and O–H groups in total. The summed E-state index contributed by atoms with van der Waals surface area (Å²) in [6, 6.07) is 10.8. The number of phenols is 1. The highest BCUT2D eigenvalue weighted by Crippen LogP contribution is 2.48. The molecule has 2 aliphatic rings. The summed E-state index contributed by atoms with van der Waals surface area (Å²) in [7, 11) is 2.78. The van der Waals surface area contributed by atoms with E-state index in [1.807, 2.05) is 18.2 Å². The van der Waals surface area contributed by atoms with Gasteiger partial charge in [0.05, 0.1) is 25.5 Å². The smallest absolute Gasteiger partial charge is 0.336 e. The van der Waals surface area contributed by atoms with Gasteiger partial charge < -0.3 is 19.9 Å². The summed E-state index contributed by atoms with van der Waals surface area (Å²) in [5, 5.41) is 13.8. The number of esters is 1. The number of dihydropyridines is 1. The first-order valence-corrected chi connectivity index (χ1v) is 9.87. The number of ether oxygens (including phenoxy) is 2. The van der Waals surface area contributed by atoms with E-state index in [4.69, 9.17) is 9.47 Å². The van der Waals surface area contributed by atoms with Crippen LogP contribution in [-0.4, -0.2) is 31.1 Å². The van der Waals surface area contributed by atoms with E-state index in [1.165, 1.54) is 14.2 Å². The molecule has 6 nitrogen and oxygen atoms in total. The summed E-state index contributed by atoms with van der Waals surface area (Å²) in [6.45, 7) is 5.54. The topological polar surface area (TPSA) is 84.9 Å². The van der Waals surface area contributed by atoms with Crippen molar-refractivity contribution in [3.05, 3.63) is 88.2 Å². The lowest BCUT2D eigenvalue weighted by Gasteiger charge is -2.29. The number of fused-ring (bicyclic) bond motifs is 2. The highest BCUT2D eigenvalue weighted by Gasteiger charge is 2.43. The average molecular weight is 417 g/mol. The van der Waals surface area contributed by atoms with Crippen LogP contribution >= 0.6 is 0 Å². The third-order valence-electron chi connectivity index (χ3n) is 5.75. The van der Waals surface area contributed by atoms with Gasteiger partial charge in [-0.3, -0.25) is 4.79 Å². The molecule has 0 fully saturated rings. The fourth-order valence-electron chi connectivity index (χ4n) is 4.37. The Hall–Kier alpha value is -3.80. The number of nitrogens with one attached hydrogen (secondary N) is 1. The zero-order valence-corrected chi connectivity index (χ0v) is 17.6. The van der Waals surface area contributed by atoms with Crippen LogP contribution in [0, 0.1) is 0 Å². The number of allylic oxidation sites excluding steroid dienone is 3. The maximum absolute atomic E-state index is 13.4. The fourth-order valence-corrected chi connectivity index (χ4v) is 4.37. The molecule has 0 saturated carbocycles. The Morgan fingerprint density at radius 2 is 1.94 bits per heavy atom. The van der Waals surface area contributed by atoms with Crippen molar-refractivity contribution in [3.63, 3.8) is 0 Å². The predicted molar refractivity (Wildman–Crippen MR) is 117 cm³/mol. The number of hydrogen-bond acceptors (Lipinski definition) is 6. The van der Waals surface area contributed by atoms with Gasteiger partial charge in [-0.2, -0.15) is 0 Å². The predicted octanol–water partition coefficient (Wildman–Crippen LogP) is 3.87. The van der Waals surface area contributed by atoms with Gasteiger partial charge in [-0.25, -0.2) is 4.79 Å². The Morgan fingerprint density at radius 3 is 2.58 bits per heavy atom. The van der Waals surface area contributed by atoms with Gasteiger partial charge in [-0.15, -0.1) is 6.58 Å². The molecule has 0 bridgehead atoms. The Bertz CT molecular complexity index is 1190. The second-order valence-corrected chi connectivity index (χ2v) is 7.48. The molecule has 0 spiro atoms. The third-order valence-corrected chi connectivity index (χ3v) is 5.75. The number of rotatable bonds is 5. The molecule has 4 rings (SSSR count). The Kier molecular flexibility index (Phi) is 5.15. The van der Waals surface area contributed by atoms with Crippen LogP contribution in [0.5, 0.6) is 11.5 Å². The van der Waals surface area contributed by atoms with Crippen molar-refractivity contribution in [2.45, 2.75) is 19.3 Å². The number of hydrogen-bond donors (Lipinski definition) is 2. The number of carbonyl (C=O) groups is 2. The maximum atomic E-state index is 13.4. The zero-order valence-electron chi connectivity index (χ0n) is 17.6. The van der Waals surface area contributed by atoms with Gasteiger partial charge in [0.15, 0.2) is 17.3 Å². The van der Waals surface area contributed by atoms with Gasteiger partial charge in [0.1, 0.15) is 0 Å². The van der Waals surface area contributed by atoms with E-state index in [-0.39, 0.29) is 17.3 Å². The van der Waals surface area contributed by atoms with Gasteiger partial charge >= 0.3 is 5.97 Å². The second-order valence-electron chi connectivity index (χ2n) is 7.48. The molecule has 2 aromatic rings. The van der Waals surface area contributed by atoms with Crippen LogP contribution in [0.1, 0.15) is 39.9 Å². The van der Waals surface area contributed by atoms with Crippen molar-refractivity contribution in [2.24, 2.45) is 0 Å². The molecular formula is C25H23NO5. The summed E-state index contributed by atoms with van der Waals surface area (Å²) in [4.78, 5) is 26.3. The molecule has 158 valence electrons. The van der Waals surface area contributed by atoms with Gasteiger partial charge in [-0.05, 0) is 25.0 Å². The number of benzene rings is 2. The number of Topliss-reactive ketones (excluding diaryl/α,β-unsaturated/α-hetero) is 1. The van der Waals surface area contributed by atoms with E-state index in [2.05, 4.69) is 11.9 Å². The molecule has 1 heterocycles. The van der Waals surface area contributed by atoms with Crippen molar-refractivity contribution in [1.82, 2.24) is 5.32 Å².